The molecule has 0 bridgehead atoms. The van der Waals surface area contributed by atoms with Crippen LogP contribution in [0.15, 0.2) is 36.5 Å². The minimum absolute atomic E-state index is 0.155. The quantitative estimate of drug-likeness (QED) is 0.831. The Balaban J connectivity index is 2.21. The first kappa shape index (κ1) is 11.5. The van der Waals surface area contributed by atoms with Crippen LogP contribution in [0.25, 0.3) is 10.9 Å². The van der Waals surface area contributed by atoms with Crippen LogP contribution in [-0.4, -0.2) is 16.9 Å². The molecule has 0 unspecified atom stereocenters. The molecule has 0 radical (unpaired) electrons. The van der Waals surface area contributed by atoms with Crippen LogP contribution in [0, 0.1) is 0 Å². The van der Waals surface area contributed by atoms with Crippen molar-refractivity contribution in [2.24, 2.45) is 5.73 Å². The van der Waals surface area contributed by atoms with E-state index in [2.05, 4.69) is 10.3 Å². The third kappa shape index (κ3) is 2.60. The van der Waals surface area contributed by atoms with Crippen molar-refractivity contribution in [1.29, 1.82) is 0 Å². The van der Waals surface area contributed by atoms with E-state index in [0.29, 0.717) is 6.54 Å². The molecule has 2 aromatic rings. The first-order valence-corrected chi connectivity index (χ1v) is 5.54. The van der Waals surface area contributed by atoms with Gasteiger partial charge in [-0.2, -0.15) is 0 Å². The first-order chi connectivity index (χ1) is 8.18. The number of pyridine rings is 1. The van der Waals surface area contributed by atoms with Crippen LogP contribution in [-0.2, 0) is 11.3 Å². The van der Waals surface area contributed by atoms with E-state index in [1.165, 1.54) is 0 Å². The summed E-state index contributed by atoms with van der Waals surface area (Å²) >= 11 is 0. The molecule has 1 heterocycles. The van der Waals surface area contributed by atoms with Gasteiger partial charge in [0.2, 0.25) is 5.91 Å². The second-order valence-corrected chi connectivity index (χ2v) is 4.00. The fourth-order valence-electron chi connectivity index (χ4n) is 1.65. The summed E-state index contributed by atoms with van der Waals surface area (Å²) in [6.07, 6.45) is 1.75. The molecule has 1 aromatic carbocycles. The molecule has 3 N–H and O–H groups in total. The molecular weight excluding hydrogens is 214 g/mol. The number of rotatable bonds is 3. The van der Waals surface area contributed by atoms with Crippen LogP contribution in [0.5, 0.6) is 0 Å². The van der Waals surface area contributed by atoms with E-state index in [1.54, 1.807) is 13.1 Å². The van der Waals surface area contributed by atoms with E-state index in [0.717, 1.165) is 16.5 Å². The highest BCUT2D eigenvalue weighted by atomic mass is 16.2. The zero-order valence-corrected chi connectivity index (χ0v) is 9.68. The van der Waals surface area contributed by atoms with Crippen molar-refractivity contribution in [3.05, 3.63) is 42.1 Å². The summed E-state index contributed by atoms with van der Waals surface area (Å²) < 4.78 is 0. The van der Waals surface area contributed by atoms with Crippen LogP contribution >= 0.6 is 0 Å². The molecule has 0 aliphatic carbocycles. The normalized spacial score (nSPS) is 12.4. The van der Waals surface area contributed by atoms with Gasteiger partial charge >= 0.3 is 0 Å². The van der Waals surface area contributed by atoms with Crippen LogP contribution < -0.4 is 11.1 Å². The van der Waals surface area contributed by atoms with Crippen LogP contribution in [0.2, 0.25) is 0 Å². The molecule has 0 spiro atoms. The predicted molar refractivity (Wildman–Crippen MR) is 67.2 cm³/mol. The lowest BCUT2D eigenvalue weighted by molar-refractivity contribution is -0.122. The monoisotopic (exact) mass is 229 g/mol. The number of carbonyl (C=O) groups excluding carboxylic acids is 1. The smallest absolute Gasteiger partial charge is 0.236 e. The Bertz CT molecular complexity index is 532. The number of aromatic nitrogens is 1. The number of hydrogen-bond acceptors (Lipinski definition) is 3. The van der Waals surface area contributed by atoms with E-state index in [-0.39, 0.29) is 5.91 Å². The SMILES string of the molecule is C[C@H](N)C(=O)NCc1cccc2cccnc12. The van der Waals surface area contributed by atoms with Gasteiger partial charge in [0, 0.05) is 18.1 Å². The molecular formula is C13H15N3O. The summed E-state index contributed by atoms with van der Waals surface area (Å²) in [5.74, 6) is -0.155. The predicted octanol–water partition coefficient (Wildman–Crippen LogP) is 1.20. The summed E-state index contributed by atoms with van der Waals surface area (Å²) in [4.78, 5) is 15.7. The van der Waals surface area contributed by atoms with Crippen molar-refractivity contribution in [1.82, 2.24) is 10.3 Å². The number of fused-ring (bicyclic) bond motifs is 1. The van der Waals surface area contributed by atoms with Gasteiger partial charge in [0.15, 0.2) is 0 Å². The van der Waals surface area contributed by atoms with Crippen LogP contribution in [0.4, 0.5) is 0 Å². The zero-order chi connectivity index (χ0) is 12.3. The first-order valence-electron chi connectivity index (χ1n) is 5.54. The highest BCUT2D eigenvalue weighted by Gasteiger charge is 2.07. The molecule has 0 saturated carbocycles. The number of nitrogens with one attached hydrogen (secondary N) is 1. The lowest BCUT2D eigenvalue weighted by atomic mass is 10.1. The van der Waals surface area contributed by atoms with Gasteiger partial charge in [-0.15, -0.1) is 0 Å². The summed E-state index contributed by atoms with van der Waals surface area (Å²) in [6, 6.07) is 9.32. The van der Waals surface area contributed by atoms with Gasteiger partial charge in [0.05, 0.1) is 11.6 Å². The fourth-order valence-corrected chi connectivity index (χ4v) is 1.65. The third-order valence-corrected chi connectivity index (χ3v) is 2.58. The minimum atomic E-state index is -0.488. The Morgan fingerprint density at radius 3 is 2.94 bits per heavy atom. The average Bonchev–Trinajstić information content (AvgIpc) is 2.35. The molecule has 17 heavy (non-hydrogen) atoms. The summed E-state index contributed by atoms with van der Waals surface area (Å²) in [5.41, 5.74) is 7.40. The van der Waals surface area contributed by atoms with E-state index in [1.807, 2.05) is 30.3 Å². The molecule has 4 nitrogen and oxygen atoms in total. The van der Waals surface area contributed by atoms with E-state index in [4.69, 9.17) is 5.73 Å². The molecule has 0 aliphatic rings. The van der Waals surface area contributed by atoms with Gasteiger partial charge in [-0.1, -0.05) is 24.3 Å². The highest BCUT2D eigenvalue weighted by molar-refractivity contribution is 5.83. The van der Waals surface area contributed by atoms with Gasteiger partial charge in [-0.05, 0) is 18.6 Å². The number of amides is 1. The van der Waals surface area contributed by atoms with Crippen LogP contribution in [0.3, 0.4) is 0 Å². The lowest BCUT2D eigenvalue weighted by Crippen LogP contribution is -2.37. The van der Waals surface area contributed by atoms with E-state index >= 15 is 0 Å². The summed E-state index contributed by atoms with van der Waals surface area (Å²) in [7, 11) is 0. The van der Waals surface area contributed by atoms with Crippen molar-refractivity contribution in [3.8, 4) is 0 Å². The minimum Gasteiger partial charge on any atom is -0.351 e. The van der Waals surface area contributed by atoms with Crippen molar-refractivity contribution in [3.63, 3.8) is 0 Å². The van der Waals surface area contributed by atoms with Crippen molar-refractivity contribution in [2.75, 3.05) is 0 Å². The number of nitrogens with two attached hydrogens (primary N) is 1. The van der Waals surface area contributed by atoms with Crippen molar-refractivity contribution in [2.45, 2.75) is 19.5 Å². The van der Waals surface area contributed by atoms with Gasteiger partial charge in [0.1, 0.15) is 0 Å². The summed E-state index contributed by atoms with van der Waals surface area (Å²) in [5, 5.41) is 3.86. The average molecular weight is 229 g/mol. The lowest BCUT2D eigenvalue weighted by Gasteiger charge is -2.09. The molecule has 2 rings (SSSR count). The maximum Gasteiger partial charge on any atom is 0.236 e. The molecule has 1 amide bonds. The van der Waals surface area contributed by atoms with Gasteiger partial charge in [0.25, 0.3) is 0 Å². The van der Waals surface area contributed by atoms with Crippen LogP contribution in [0.1, 0.15) is 12.5 Å². The molecule has 1 aromatic heterocycles. The molecule has 0 fully saturated rings. The molecule has 88 valence electrons. The largest absolute Gasteiger partial charge is 0.351 e. The Morgan fingerprint density at radius 1 is 1.41 bits per heavy atom. The maximum atomic E-state index is 11.4. The topological polar surface area (TPSA) is 68.0 Å². The highest BCUT2D eigenvalue weighted by Crippen LogP contribution is 2.15. The molecule has 1 atom stereocenters. The number of benzene rings is 1. The maximum absolute atomic E-state index is 11.4. The number of hydrogen-bond donors (Lipinski definition) is 2. The van der Waals surface area contributed by atoms with Crippen molar-refractivity contribution >= 4 is 16.8 Å². The second kappa shape index (κ2) is 4.93. The zero-order valence-electron chi connectivity index (χ0n) is 9.68. The number of carbonyl (C=O) groups is 1. The Hall–Kier alpha value is -1.94. The summed E-state index contributed by atoms with van der Waals surface area (Å²) in [6.45, 7) is 2.12. The Morgan fingerprint density at radius 2 is 2.18 bits per heavy atom. The van der Waals surface area contributed by atoms with Gasteiger partial charge < -0.3 is 11.1 Å². The third-order valence-electron chi connectivity index (χ3n) is 2.58. The Labute approximate surface area is 99.8 Å². The van der Waals surface area contributed by atoms with E-state index in [9.17, 15) is 4.79 Å². The van der Waals surface area contributed by atoms with Crippen molar-refractivity contribution < 1.29 is 4.79 Å². The molecule has 0 saturated heterocycles. The second-order valence-electron chi connectivity index (χ2n) is 4.00. The standard InChI is InChI=1S/C13H15N3O/c1-9(14)13(17)16-8-11-5-2-4-10-6-3-7-15-12(10)11/h2-7,9H,8,14H2,1H3,(H,16,17)/t9-/m0/s1. The Kier molecular flexibility index (Phi) is 3.35. The molecule has 4 heteroatoms. The fraction of sp³-hybridized carbons (Fsp3) is 0.231. The molecule has 0 aliphatic heterocycles. The number of para-hydroxylation sites is 1. The van der Waals surface area contributed by atoms with Gasteiger partial charge in [-0.3, -0.25) is 9.78 Å². The van der Waals surface area contributed by atoms with E-state index < -0.39 is 6.04 Å². The number of nitrogens with zero attached hydrogens (tertiary/aromatic N) is 1. The van der Waals surface area contributed by atoms with Gasteiger partial charge in [-0.25, -0.2) is 0 Å².